The first kappa shape index (κ1) is 13.7. The molecule has 20 heavy (non-hydrogen) atoms. The number of nitrogens with zero attached hydrogens (tertiary/aromatic N) is 3. The summed E-state index contributed by atoms with van der Waals surface area (Å²) in [7, 11) is 0. The molecule has 0 aromatic carbocycles. The van der Waals surface area contributed by atoms with E-state index < -0.39 is 0 Å². The van der Waals surface area contributed by atoms with E-state index in [1.54, 1.807) is 6.92 Å². The number of halogens is 1. The van der Waals surface area contributed by atoms with Crippen LogP contribution in [-0.4, -0.2) is 39.0 Å². The Morgan fingerprint density at radius 2 is 2.20 bits per heavy atom. The Kier molecular flexibility index (Phi) is 3.40. The number of aromatic nitrogens is 2. The van der Waals surface area contributed by atoms with Crippen molar-refractivity contribution in [3.63, 3.8) is 0 Å². The number of nitrogens with one attached hydrogen (secondary N) is 1. The molecular weight excluding hydrogens is 255 g/mol. The summed E-state index contributed by atoms with van der Waals surface area (Å²) in [4.78, 5) is 10.7. The van der Waals surface area contributed by atoms with Crippen LogP contribution in [0.5, 0.6) is 0 Å². The van der Waals surface area contributed by atoms with Gasteiger partial charge in [0.1, 0.15) is 5.82 Å². The molecule has 0 spiro atoms. The zero-order valence-corrected chi connectivity index (χ0v) is 12.5. The lowest BCUT2D eigenvalue weighted by Crippen LogP contribution is -2.50. The van der Waals surface area contributed by atoms with Gasteiger partial charge in [-0.25, -0.2) is 14.4 Å². The highest BCUT2D eigenvalue weighted by Gasteiger charge is 2.42. The molecule has 2 atom stereocenters. The molecule has 0 saturated carbocycles. The molecule has 2 aliphatic heterocycles. The molecule has 5 heteroatoms. The van der Waals surface area contributed by atoms with Crippen molar-refractivity contribution in [2.75, 3.05) is 11.9 Å². The predicted molar refractivity (Wildman–Crippen MR) is 77.2 cm³/mol. The first-order valence-electron chi connectivity index (χ1n) is 7.48. The van der Waals surface area contributed by atoms with Gasteiger partial charge in [0.25, 0.3) is 0 Å². The van der Waals surface area contributed by atoms with E-state index in [0.717, 1.165) is 19.4 Å². The van der Waals surface area contributed by atoms with Crippen molar-refractivity contribution in [1.29, 1.82) is 0 Å². The third-order valence-corrected chi connectivity index (χ3v) is 4.79. The zero-order valence-electron chi connectivity index (χ0n) is 12.5. The molecule has 0 amide bonds. The monoisotopic (exact) mass is 278 g/mol. The normalized spacial score (nSPS) is 29.2. The minimum atomic E-state index is -0.357. The lowest BCUT2D eigenvalue weighted by atomic mass is 9.97. The second-order valence-corrected chi connectivity index (χ2v) is 6.68. The van der Waals surface area contributed by atoms with Crippen LogP contribution in [-0.2, 0) is 0 Å². The van der Waals surface area contributed by atoms with Gasteiger partial charge in [0, 0.05) is 24.2 Å². The van der Waals surface area contributed by atoms with Crippen LogP contribution in [0.15, 0.2) is 6.20 Å². The zero-order chi connectivity index (χ0) is 14.3. The van der Waals surface area contributed by atoms with Crippen LogP contribution in [0.3, 0.4) is 0 Å². The van der Waals surface area contributed by atoms with Crippen LogP contribution < -0.4 is 5.32 Å². The van der Waals surface area contributed by atoms with Crippen LogP contribution in [0.2, 0.25) is 0 Å². The Bertz CT molecular complexity index is 503. The van der Waals surface area contributed by atoms with Gasteiger partial charge < -0.3 is 5.32 Å². The first-order chi connectivity index (χ1) is 9.45. The number of piperidine rings is 1. The number of aryl methyl sites for hydroxylation is 1. The molecule has 0 radical (unpaired) electrons. The maximum Gasteiger partial charge on any atom is 0.183 e. The van der Waals surface area contributed by atoms with Crippen LogP contribution in [0, 0.1) is 12.7 Å². The third kappa shape index (κ3) is 2.51. The van der Waals surface area contributed by atoms with E-state index in [9.17, 15) is 4.39 Å². The summed E-state index contributed by atoms with van der Waals surface area (Å²) in [5.74, 6) is 0.603. The molecular formula is C15H23FN4. The lowest BCUT2D eigenvalue weighted by Gasteiger charge is -2.42. The fraction of sp³-hybridized carbons (Fsp3) is 0.733. The fourth-order valence-electron chi connectivity index (χ4n) is 3.67. The molecule has 2 saturated heterocycles. The standard InChI is InChI=1S/C15H23FN4/c1-10-17-9-13(16)14(18-10)19-11-5-7-20-12(8-11)4-6-15(20,2)3/h9,11-12H,4-8H2,1-3H3,(H,17,18,19). The minimum absolute atomic E-state index is 0.314. The molecule has 2 aliphatic rings. The van der Waals surface area contributed by atoms with Gasteiger partial charge in [-0.1, -0.05) is 0 Å². The van der Waals surface area contributed by atoms with E-state index in [1.165, 1.54) is 19.0 Å². The summed E-state index contributed by atoms with van der Waals surface area (Å²) >= 11 is 0. The summed E-state index contributed by atoms with van der Waals surface area (Å²) < 4.78 is 13.7. The minimum Gasteiger partial charge on any atom is -0.365 e. The van der Waals surface area contributed by atoms with Crippen molar-refractivity contribution in [2.45, 2.75) is 64.1 Å². The van der Waals surface area contributed by atoms with Crippen LogP contribution in [0.4, 0.5) is 10.2 Å². The van der Waals surface area contributed by atoms with Crippen molar-refractivity contribution >= 4 is 5.82 Å². The second-order valence-electron chi connectivity index (χ2n) is 6.68. The molecule has 2 fully saturated rings. The van der Waals surface area contributed by atoms with Gasteiger partial charge in [-0.3, -0.25) is 4.90 Å². The van der Waals surface area contributed by atoms with Crippen LogP contribution >= 0.6 is 0 Å². The Morgan fingerprint density at radius 1 is 1.40 bits per heavy atom. The molecule has 4 nitrogen and oxygen atoms in total. The third-order valence-electron chi connectivity index (χ3n) is 4.79. The van der Waals surface area contributed by atoms with E-state index in [2.05, 4.69) is 34.0 Å². The highest BCUT2D eigenvalue weighted by Crippen LogP contribution is 2.38. The van der Waals surface area contributed by atoms with Crippen molar-refractivity contribution in [2.24, 2.45) is 0 Å². The van der Waals surface area contributed by atoms with E-state index in [1.807, 2.05) is 0 Å². The van der Waals surface area contributed by atoms with Crippen LogP contribution in [0.25, 0.3) is 0 Å². The predicted octanol–water partition coefficient (Wildman–Crippen LogP) is 2.74. The molecule has 110 valence electrons. The maximum atomic E-state index is 13.7. The molecule has 1 aromatic heterocycles. The van der Waals surface area contributed by atoms with E-state index in [4.69, 9.17) is 0 Å². The van der Waals surface area contributed by atoms with Crippen molar-refractivity contribution in [1.82, 2.24) is 14.9 Å². The summed E-state index contributed by atoms with van der Waals surface area (Å²) in [5, 5.41) is 3.28. The SMILES string of the molecule is Cc1ncc(F)c(NC2CCN3C(CCC3(C)C)C2)n1. The summed E-state index contributed by atoms with van der Waals surface area (Å²) in [6, 6.07) is 0.941. The van der Waals surface area contributed by atoms with Crippen molar-refractivity contribution in [3.8, 4) is 0 Å². The number of fused-ring (bicyclic) bond motifs is 1. The Hall–Kier alpha value is -1.23. The summed E-state index contributed by atoms with van der Waals surface area (Å²) in [6.07, 6.45) is 5.87. The Labute approximate surface area is 119 Å². The largest absolute Gasteiger partial charge is 0.365 e. The van der Waals surface area contributed by atoms with E-state index in [0.29, 0.717) is 29.3 Å². The molecule has 1 aromatic rings. The molecule has 3 rings (SSSR count). The number of hydrogen-bond donors (Lipinski definition) is 1. The van der Waals surface area contributed by atoms with E-state index >= 15 is 0 Å². The molecule has 3 heterocycles. The Morgan fingerprint density at radius 3 is 3.00 bits per heavy atom. The van der Waals surface area contributed by atoms with Crippen molar-refractivity contribution < 1.29 is 4.39 Å². The molecule has 0 bridgehead atoms. The highest BCUT2D eigenvalue weighted by molar-refractivity contribution is 5.36. The number of anilines is 1. The van der Waals surface area contributed by atoms with Crippen LogP contribution in [0.1, 0.15) is 45.4 Å². The van der Waals surface area contributed by atoms with Gasteiger partial charge in [0.2, 0.25) is 0 Å². The topological polar surface area (TPSA) is 41.1 Å². The Balaban J connectivity index is 1.68. The molecule has 0 aliphatic carbocycles. The van der Waals surface area contributed by atoms with Gasteiger partial charge in [0.15, 0.2) is 11.6 Å². The maximum absolute atomic E-state index is 13.7. The van der Waals surface area contributed by atoms with Gasteiger partial charge in [-0.15, -0.1) is 0 Å². The van der Waals surface area contributed by atoms with E-state index in [-0.39, 0.29) is 5.82 Å². The van der Waals surface area contributed by atoms with Gasteiger partial charge in [-0.05, 0) is 46.5 Å². The first-order valence-corrected chi connectivity index (χ1v) is 7.48. The summed E-state index contributed by atoms with van der Waals surface area (Å²) in [6.45, 7) is 7.52. The van der Waals surface area contributed by atoms with Gasteiger partial charge in [-0.2, -0.15) is 0 Å². The van der Waals surface area contributed by atoms with Gasteiger partial charge in [0.05, 0.1) is 6.20 Å². The average Bonchev–Trinajstić information content (AvgIpc) is 2.70. The smallest absolute Gasteiger partial charge is 0.183 e. The fourth-order valence-corrected chi connectivity index (χ4v) is 3.67. The van der Waals surface area contributed by atoms with Crippen molar-refractivity contribution in [3.05, 3.63) is 17.8 Å². The highest BCUT2D eigenvalue weighted by atomic mass is 19.1. The van der Waals surface area contributed by atoms with Gasteiger partial charge >= 0.3 is 0 Å². The lowest BCUT2D eigenvalue weighted by molar-refractivity contribution is 0.0920. The quantitative estimate of drug-likeness (QED) is 0.903. The molecule has 1 N–H and O–H groups in total. The molecule has 2 unspecified atom stereocenters. The number of rotatable bonds is 2. The number of hydrogen-bond acceptors (Lipinski definition) is 4. The second kappa shape index (κ2) is 4.95. The average molecular weight is 278 g/mol. The summed E-state index contributed by atoms with van der Waals surface area (Å²) in [5.41, 5.74) is 0.326.